The lowest BCUT2D eigenvalue weighted by Crippen LogP contribution is -2.14. The van der Waals surface area contributed by atoms with Crippen molar-refractivity contribution in [1.82, 2.24) is 14.7 Å². The lowest BCUT2D eigenvalue weighted by Gasteiger charge is -2.11. The molecule has 1 N–H and O–H groups in total. The van der Waals surface area contributed by atoms with E-state index in [0.29, 0.717) is 0 Å². The first-order chi connectivity index (χ1) is 7.50. The first-order valence-electron chi connectivity index (χ1n) is 5.15. The van der Waals surface area contributed by atoms with Crippen LogP contribution in [0, 0.1) is 0 Å². The molecule has 1 aromatic rings. The van der Waals surface area contributed by atoms with Crippen LogP contribution in [0.2, 0.25) is 5.02 Å². The maximum atomic E-state index is 10.9. The Bertz CT molecular complexity index is 430. The van der Waals surface area contributed by atoms with Gasteiger partial charge in [-0.25, -0.2) is 4.79 Å². The average Bonchev–Trinajstić information content (AvgIpc) is 2.71. The molecule has 1 aliphatic rings. The number of hydrogen-bond donors (Lipinski definition) is 1. The van der Waals surface area contributed by atoms with E-state index in [0.717, 1.165) is 25.2 Å². The van der Waals surface area contributed by atoms with E-state index < -0.39 is 5.97 Å². The summed E-state index contributed by atoms with van der Waals surface area (Å²) in [6, 6.07) is 0. The van der Waals surface area contributed by atoms with Gasteiger partial charge in [0.2, 0.25) is 0 Å². The largest absolute Gasteiger partial charge is 0.476 e. The van der Waals surface area contributed by atoms with Gasteiger partial charge in [-0.3, -0.25) is 4.68 Å². The van der Waals surface area contributed by atoms with Crippen LogP contribution >= 0.6 is 11.6 Å². The van der Waals surface area contributed by atoms with Crippen LogP contribution in [-0.4, -0.2) is 45.9 Å². The lowest BCUT2D eigenvalue weighted by molar-refractivity contribution is 0.0690. The molecule has 0 bridgehead atoms. The van der Waals surface area contributed by atoms with Crippen molar-refractivity contribution >= 4 is 17.6 Å². The number of carboxylic acids is 1. The highest BCUT2D eigenvalue weighted by Crippen LogP contribution is 2.33. The highest BCUT2D eigenvalue weighted by atomic mass is 35.5. The second-order valence-corrected chi connectivity index (χ2v) is 4.60. The molecule has 2 heterocycles. The van der Waals surface area contributed by atoms with Gasteiger partial charge in [-0.15, -0.1) is 0 Å². The van der Waals surface area contributed by atoms with E-state index in [4.69, 9.17) is 16.7 Å². The highest BCUT2D eigenvalue weighted by Gasteiger charge is 2.29. The van der Waals surface area contributed by atoms with E-state index in [1.54, 1.807) is 11.7 Å². The van der Waals surface area contributed by atoms with Gasteiger partial charge in [0.15, 0.2) is 5.69 Å². The molecule has 1 saturated heterocycles. The number of carboxylic acid groups (broad SMARTS) is 1. The van der Waals surface area contributed by atoms with Gasteiger partial charge in [0.05, 0.1) is 10.7 Å². The van der Waals surface area contributed by atoms with Crippen molar-refractivity contribution < 1.29 is 9.90 Å². The number of aromatic nitrogens is 2. The molecule has 1 aliphatic heterocycles. The van der Waals surface area contributed by atoms with Crippen molar-refractivity contribution in [3.63, 3.8) is 0 Å². The first-order valence-corrected chi connectivity index (χ1v) is 5.52. The summed E-state index contributed by atoms with van der Waals surface area (Å²) in [5, 5.41) is 13.2. The molecule has 0 spiro atoms. The highest BCUT2D eigenvalue weighted by molar-refractivity contribution is 6.34. The smallest absolute Gasteiger partial charge is 0.357 e. The summed E-state index contributed by atoms with van der Waals surface area (Å²) < 4.78 is 1.59. The Hall–Kier alpha value is -1.07. The second-order valence-electron chi connectivity index (χ2n) is 4.22. The molecule has 0 radical (unpaired) electrons. The summed E-state index contributed by atoms with van der Waals surface area (Å²) in [4.78, 5) is 13.1. The molecule has 1 aromatic heterocycles. The lowest BCUT2D eigenvalue weighted by atomic mass is 10.0. The van der Waals surface area contributed by atoms with E-state index in [2.05, 4.69) is 10.00 Å². The number of likely N-dealkylation sites (N-methyl/N-ethyl adjacent to an activating group) is 1. The summed E-state index contributed by atoms with van der Waals surface area (Å²) in [5.74, 6) is -0.790. The van der Waals surface area contributed by atoms with Crippen molar-refractivity contribution in [1.29, 1.82) is 0 Å². The zero-order valence-corrected chi connectivity index (χ0v) is 10.0. The third-order valence-electron chi connectivity index (χ3n) is 3.01. The second kappa shape index (κ2) is 4.07. The van der Waals surface area contributed by atoms with Gasteiger partial charge in [0, 0.05) is 19.5 Å². The standard InChI is InChI=1S/C10H14ClN3O2/c1-13-4-3-6(5-13)9-7(11)8(10(15)16)12-14(9)2/h6H,3-5H2,1-2H3,(H,15,16). The monoisotopic (exact) mass is 243 g/mol. The van der Waals surface area contributed by atoms with Gasteiger partial charge in [-0.05, 0) is 20.0 Å². The molecule has 1 fully saturated rings. The van der Waals surface area contributed by atoms with Crippen molar-refractivity contribution in [3.05, 3.63) is 16.4 Å². The molecule has 1 unspecified atom stereocenters. The van der Waals surface area contributed by atoms with Crippen LogP contribution in [0.25, 0.3) is 0 Å². The molecule has 0 aliphatic carbocycles. The van der Waals surface area contributed by atoms with Crippen LogP contribution < -0.4 is 0 Å². The quantitative estimate of drug-likeness (QED) is 0.848. The molecular weight excluding hydrogens is 230 g/mol. The topological polar surface area (TPSA) is 58.4 Å². The van der Waals surface area contributed by atoms with E-state index >= 15 is 0 Å². The molecule has 1 atom stereocenters. The number of hydrogen-bond acceptors (Lipinski definition) is 3. The third kappa shape index (κ3) is 1.81. The SMILES string of the molecule is CN1CCC(c2c(Cl)c(C(=O)O)nn2C)C1. The third-order valence-corrected chi connectivity index (χ3v) is 3.38. The van der Waals surface area contributed by atoms with Gasteiger partial charge in [0.25, 0.3) is 0 Å². The van der Waals surface area contributed by atoms with Crippen LogP contribution in [0.1, 0.15) is 28.5 Å². The van der Waals surface area contributed by atoms with Crippen molar-refractivity contribution in [3.8, 4) is 0 Å². The number of likely N-dealkylation sites (tertiary alicyclic amines) is 1. The minimum absolute atomic E-state index is 0.0475. The number of aryl methyl sites for hydroxylation is 1. The number of carbonyl (C=O) groups is 1. The maximum absolute atomic E-state index is 10.9. The molecule has 0 amide bonds. The zero-order valence-electron chi connectivity index (χ0n) is 9.27. The Kier molecular flexibility index (Phi) is 2.90. The Morgan fingerprint density at radius 2 is 2.25 bits per heavy atom. The van der Waals surface area contributed by atoms with Crippen LogP contribution in [0.5, 0.6) is 0 Å². The van der Waals surface area contributed by atoms with Crippen LogP contribution in [0.3, 0.4) is 0 Å². The van der Waals surface area contributed by atoms with Crippen LogP contribution in [0.15, 0.2) is 0 Å². The molecule has 5 nitrogen and oxygen atoms in total. The number of nitrogens with zero attached hydrogens (tertiary/aromatic N) is 3. The molecule has 6 heteroatoms. The summed E-state index contributed by atoms with van der Waals surface area (Å²) >= 11 is 6.07. The molecule has 2 rings (SSSR count). The van der Waals surface area contributed by atoms with Crippen LogP contribution in [-0.2, 0) is 7.05 Å². The molecule has 0 aromatic carbocycles. The van der Waals surface area contributed by atoms with E-state index in [1.807, 2.05) is 7.05 Å². The van der Waals surface area contributed by atoms with Gasteiger partial charge < -0.3 is 10.0 Å². The predicted octanol–water partition coefficient (Wildman–Crippen LogP) is 1.19. The summed E-state index contributed by atoms with van der Waals surface area (Å²) in [7, 11) is 3.79. The number of halogens is 1. The Morgan fingerprint density at radius 3 is 2.69 bits per heavy atom. The molecular formula is C10H14ClN3O2. The summed E-state index contributed by atoms with van der Waals surface area (Å²) in [6.07, 6.45) is 0.995. The predicted molar refractivity (Wildman–Crippen MR) is 60.0 cm³/mol. The van der Waals surface area contributed by atoms with E-state index in [-0.39, 0.29) is 16.6 Å². The van der Waals surface area contributed by atoms with Gasteiger partial charge in [-0.2, -0.15) is 5.10 Å². The van der Waals surface area contributed by atoms with E-state index in [1.165, 1.54) is 0 Å². The zero-order chi connectivity index (χ0) is 11.9. The van der Waals surface area contributed by atoms with Crippen molar-refractivity contribution in [2.24, 2.45) is 7.05 Å². The fourth-order valence-electron chi connectivity index (χ4n) is 2.25. The molecule has 88 valence electrons. The normalized spacial score (nSPS) is 21.6. The maximum Gasteiger partial charge on any atom is 0.357 e. The minimum Gasteiger partial charge on any atom is -0.476 e. The van der Waals surface area contributed by atoms with Gasteiger partial charge in [-0.1, -0.05) is 11.6 Å². The van der Waals surface area contributed by atoms with Gasteiger partial charge >= 0.3 is 5.97 Å². The fourth-order valence-corrected chi connectivity index (χ4v) is 2.64. The molecule has 16 heavy (non-hydrogen) atoms. The number of rotatable bonds is 2. The summed E-state index contributed by atoms with van der Waals surface area (Å²) in [5.41, 5.74) is 0.789. The average molecular weight is 244 g/mol. The Labute approximate surface area is 98.6 Å². The van der Waals surface area contributed by atoms with Crippen molar-refractivity contribution in [2.45, 2.75) is 12.3 Å². The first kappa shape index (κ1) is 11.4. The van der Waals surface area contributed by atoms with Crippen molar-refractivity contribution in [2.75, 3.05) is 20.1 Å². The molecule has 0 saturated carbocycles. The Balaban J connectivity index is 2.37. The van der Waals surface area contributed by atoms with Crippen LogP contribution in [0.4, 0.5) is 0 Å². The fraction of sp³-hybridized carbons (Fsp3) is 0.600. The summed E-state index contributed by atoms with van der Waals surface area (Å²) in [6.45, 7) is 1.91. The Morgan fingerprint density at radius 1 is 1.56 bits per heavy atom. The minimum atomic E-state index is -1.07. The van der Waals surface area contributed by atoms with E-state index in [9.17, 15) is 4.79 Å². The number of aromatic carboxylic acids is 1. The van der Waals surface area contributed by atoms with Gasteiger partial charge in [0.1, 0.15) is 0 Å².